The van der Waals surface area contributed by atoms with Crippen molar-refractivity contribution in [3.63, 3.8) is 0 Å². The lowest BCUT2D eigenvalue weighted by Crippen LogP contribution is -2.60. The predicted octanol–water partition coefficient (Wildman–Crippen LogP) is 2.35. The summed E-state index contributed by atoms with van der Waals surface area (Å²) < 4.78 is 43.8. The van der Waals surface area contributed by atoms with E-state index in [0.29, 0.717) is 5.56 Å². The van der Waals surface area contributed by atoms with Gasteiger partial charge in [0.25, 0.3) is 0 Å². The maximum atomic E-state index is 13.0. The van der Waals surface area contributed by atoms with Gasteiger partial charge < -0.3 is 24.7 Å². The minimum atomic E-state index is -4.50. The third-order valence-corrected chi connectivity index (χ3v) is 4.77. The van der Waals surface area contributed by atoms with Gasteiger partial charge in [0.2, 0.25) is 0 Å². The first-order chi connectivity index (χ1) is 12.6. The van der Waals surface area contributed by atoms with Crippen LogP contribution in [-0.4, -0.2) is 70.6 Å². The summed E-state index contributed by atoms with van der Waals surface area (Å²) in [6, 6.07) is 4.40. The third-order valence-electron chi connectivity index (χ3n) is 4.77. The molecule has 7 nitrogen and oxygen atoms in total. The zero-order chi connectivity index (χ0) is 19.8. The monoisotopic (exact) mass is 388 g/mol. The molecule has 2 fully saturated rings. The first kappa shape index (κ1) is 19.3. The van der Waals surface area contributed by atoms with E-state index in [1.165, 1.54) is 21.9 Å². The van der Waals surface area contributed by atoms with Crippen LogP contribution in [0.2, 0.25) is 0 Å². The number of urea groups is 1. The van der Waals surface area contributed by atoms with Crippen LogP contribution in [0, 0.1) is 0 Å². The van der Waals surface area contributed by atoms with E-state index in [-0.39, 0.29) is 32.6 Å². The number of amides is 2. The van der Waals surface area contributed by atoms with Gasteiger partial charge in [0.05, 0.1) is 31.3 Å². The molecule has 2 aliphatic rings. The van der Waals surface area contributed by atoms with Gasteiger partial charge in [-0.15, -0.1) is 0 Å². The largest absolute Gasteiger partial charge is 0.506 e. The van der Waals surface area contributed by atoms with E-state index in [0.717, 1.165) is 12.1 Å². The Balaban J connectivity index is 1.81. The van der Waals surface area contributed by atoms with Crippen LogP contribution < -0.4 is 0 Å². The SMILES string of the molecule is O=C(O)OC1CC(c2cccc(C(F)(F)F)c2)CN(C(=O)N2CC(O)C2)C1. The topological polar surface area (TPSA) is 90.3 Å². The van der Waals surface area contributed by atoms with E-state index >= 15 is 0 Å². The minimum Gasteiger partial charge on any atom is -0.450 e. The number of carbonyl (C=O) groups excluding carboxylic acids is 1. The Morgan fingerprint density at radius 1 is 1.11 bits per heavy atom. The average Bonchev–Trinajstić information content (AvgIpc) is 2.57. The number of carbonyl (C=O) groups is 2. The Bertz CT molecular complexity index is 721. The van der Waals surface area contributed by atoms with Crippen molar-refractivity contribution in [1.29, 1.82) is 0 Å². The van der Waals surface area contributed by atoms with Crippen molar-refractivity contribution in [3.8, 4) is 0 Å². The van der Waals surface area contributed by atoms with Crippen LogP contribution in [0.25, 0.3) is 0 Å². The summed E-state index contributed by atoms with van der Waals surface area (Å²) in [7, 11) is 0. The Kier molecular flexibility index (Phi) is 5.18. The molecule has 0 aliphatic carbocycles. The van der Waals surface area contributed by atoms with Gasteiger partial charge in [0.15, 0.2) is 0 Å². The Labute approximate surface area is 152 Å². The molecule has 3 rings (SSSR count). The van der Waals surface area contributed by atoms with E-state index in [4.69, 9.17) is 9.84 Å². The highest BCUT2D eigenvalue weighted by atomic mass is 19.4. The first-order valence-electron chi connectivity index (χ1n) is 8.42. The number of β-amino-alcohol motifs (C(OH)–C–C–N with tert-alkyl or cyclic N) is 1. The Morgan fingerprint density at radius 2 is 1.78 bits per heavy atom. The van der Waals surface area contributed by atoms with Crippen LogP contribution in [0.15, 0.2) is 24.3 Å². The number of carboxylic acid groups (broad SMARTS) is 1. The van der Waals surface area contributed by atoms with E-state index in [9.17, 15) is 27.9 Å². The third kappa shape index (κ3) is 4.44. The number of aliphatic hydroxyl groups is 1. The minimum absolute atomic E-state index is 0.0210. The van der Waals surface area contributed by atoms with Crippen LogP contribution in [0.5, 0.6) is 0 Å². The lowest BCUT2D eigenvalue weighted by atomic mass is 9.88. The van der Waals surface area contributed by atoms with Crippen LogP contribution in [0.3, 0.4) is 0 Å². The number of hydrogen-bond donors (Lipinski definition) is 2. The number of aliphatic hydroxyl groups excluding tert-OH is 1. The van der Waals surface area contributed by atoms with Gasteiger partial charge in [-0.2, -0.15) is 13.2 Å². The molecule has 2 unspecified atom stereocenters. The van der Waals surface area contributed by atoms with E-state index < -0.39 is 42.1 Å². The molecule has 0 aromatic heterocycles. The summed E-state index contributed by atoms with van der Waals surface area (Å²) in [6.07, 6.45) is -7.25. The average molecular weight is 388 g/mol. The van der Waals surface area contributed by atoms with Crippen molar-refractivity contribution in [2.45, 2.75) is 30.7 Å². The van der Waals surface area contributed by atoms with Crippen molar-refractivity contribution in [3.05, 3.63) is 35.4 Å². The lowest BCUT2D eigenvalue weighted by molar-refractivity contribution is -0.137. The highest BCUT2D eigenvalue weighted by Crippen LogP contribution is 2.34. The molecule has 2 saturated heterocycles. The molecular formula is C17H19F3N2O5. The zero-order valence-corrected chi connectivity index (χ0v) is 14.2. The van der Waals surface area contributed by atoms with Gasteiger partial charge in [-0.1, -0.05) is 18.2 Å². The first-order valence-corrected chi connectivity index (χ1v) is 8.42. The lowest BCUT2D eigenvalue weighted by Gasteiger charge is -2.43. The van der Waals surface area contributed by atoms with Gasteiger partial charge in [-0.05, 0) is 18.1 Å². The normalized spacial score (nSPS) is 23.7. The molecule has 0 bridgehead atoms. The number of nitrogens with zero attached hydrogens (tertiary/aromatic N) is 2. The van der Waals surface area contributed by atoms with Gasteiger partial charge in [-0.25, -0.2) is 9.59 Å². The van der Waals surface area contributed by atoms with E-state index in [1.54, 1.807) is 0 Å². The second-order valence-corrected chi connectivity index (χ2v) is 6.81. The summed E-state index contributed by atoms with van der Waals surface area (Å²) in [5.74, 6) is -0.499. The van der Waals surface area contributed by atoms with Crippen molar-refractivity contribution in [1.82, 2.24) is 9.80 Å². The number of rotatable bonds is 2. The van der Waals surface area contributed by atoms with Crippen LogP contribution >= 0.6 is 0 Å². The smallest absolute Gasteiger partial charge is 0.450 e. The molecule has 148 valence electrons. The van der Waals surface area contributed by atoms with Crippen LogP contribution in [-0.2, 0) is 10.9 Å². The molecule has 0 saturated carbocycles. The Hall–Kier alpha value is -2.49. The highest BCUT2D eigenvalue weighted by molar-refractivity contribution is 5.75. The number of hydrogen-bond acceptors (Lipinski definition) is 4. The molecule has 10 heteroatoms. The number of piperidine rings is 1. The summed E-state index contributed by atoms with van der Waals surface area (Å²) in [4.78, 5) is 26.2. The molecule has 2 aliphatic heterocycles. The maximum Gasteiger partial charge on any atom is 0.506 e. The molecule has 2 amide bonds. The summed E-state index contributed by atoms with van der Waals surface area (Å²) in [5, 5.41) is 18.2. The second-order valence-electron chi connectivity index (χ2n) is 6.81. The molecular weight excluding hydrogens is 369 g/mol. The quantitative estimate of drug-likeness (QED) is 0.759. The maximum absolute atomic E-state index is 13.0. The number of halogens is 3. The fourth-order valence-electron chi connectivity index (χ4n) is 3.46. The fourth-order valence-corrected chi connectivity index (χ4v) is 3.46. The molecule has 27 heavy (non-hydrogen) atoms. The highest BCUT2D eigenvalue weighted by Gasteiger charge is 2.39. The van der Waals surface area contributed by atoms with Crippen molar-refractivity contribution in [2.24, 2.45) is 0 Å². The molecule has 0 spiro atoms. The Morgan fingerprint density at radius 3 is 2.37 bits per heavy atom. The summed E-state index contributed by atoms with van der Waals surface area (Å²) in [5.41, 5.74) is -0.435. The van der Waals surface area contributed by atoms with E-state index in [2.05, 4.69) is 0 Å². The number of likely N-dealkylation sites (tertiary alicyclic amines) is 2. The predicted molar refractivity (Wildman–Crippen MR) is 86.2 cm³/mol. The number of alkyl halides is 3. The number of benzene rings is 1. The molecule has 0 radical (unpaired) electrons. The van der Waals surface area contributed by atoms with Gasteiger partial charge in [0, 0.05) is 12.5 Å². The molecule has 1 aromatic carbocycles. The molecule has 1 aromatic rings. The van der Waals surface area contributed by atoms with Crippen molar-refractivity contribution in [2.75, 3.05) is 26.2 Å². The molecule has 2 heterocycles. The molecule has 2 atom stereocenters. The number of ether oxygens (including phenoxy) is 1. The van der Waals surface area contributed by atoms with Gasteiger partial charge in [-0.3, -0.25) is 0 Å². The van der Waals surface area contributed by atoms with Crippen molar-refractivity contribution >= 4 is 12.2 Å². The second kappa shape index (κ2) is 7.26. The van der Waals surface area contributed by atoms with Crippen molar-refractivity contribution < 1.29 is 37.7 Å². The zero-order valence-electron chi connectivity index (χ0n) is 14.2. The summed E-state index contributed by atoms with van der Waals surface area (Å²) >= 11 is 0. The van der Waals surface area contributed by atoms with E-state index in [1.807, 2.05) is 0 Å². The summed E-state index contributed by atoms with van der Waals surface area (Å²) in [6.45, 7) is 0.515. The van der Waals surface area contributed by atoms with Crippen LogP contribution in [0.4, 0.5) is 22.8 Å². The van der Waals surface area contributed by atoms with Gasteiger partial charge in [0.1, 0.15) is 6.10 Å². The van der Waals surface area contributed by atoms with Crippen LogP contribution in [0.1, 0.15) is 23.5 Å². The fraction of sp³-hybridized carbons (Fsp3) is 0.529. The standard InChI is InChI=1S/C17H19F3N2O5/c18-17(19,20)12-3-1-2-10(4-12)11-5-14(27-16(25)26)9-21(6-11)15(24)22-7-13(23)8-22/h1-4,11,13-14,23H,5-9H2,(H,25,26). The van der Waals surface area contributed by atoms with Gasteiger partial charge >= 0.3 is 18.4 Å². The molecule has 2 N–H and O–H groups in total.